The monoisotopic (exact) mass is 485 g/mol. The average Bonchev–Trinajstić information content (AvgIpc) is 3.03. The zero-order valence-corrected chi connectivity index (χ0v) is 22.3. The minimum absolute atomic E-state index is 0.0656. The van der Waals surface area contributed by atoms with Crippen molar-refractivity contribution in [2.45, 2.75) is 72.8 Å². The van der Waals surface area contributed by atoms with E-state index in [1.165, 1.54) is 32.7 Å². The van der Waals surface area contributed by atoms with Gasteiger partial charge in [0.25, 0.3) is 5.91 Å². The molecule has 2 aliphatic carbocycles. The van der Waals surface area contributed by atoms with Gasteiger partial charge in [0, 0.05) is 21.7 Å². The van der Waals surface area contributed by atoms with Crippen molar-refractivity contribution in [1.82, 2.24) is 5.32 Å². The molecule has 182 valence electrons. The van der Waals surface area contributed by atoms with Crippen LogP contribution in [0.15, 0.2) is 42.5 Å². The third-order valence-electron chi connectivity index (χ3n) is 8.41. The van der Waals surface area contributed by atoms with E-state index < -0.39 is 0 Å². The number of rotatable bonds is 6. The first kappa shape index (κ1) is 24.0. The van der Waals surface area contributed by atoms with E-state index in [2.05, 4.69) is 75.5 Å². The molecule has 0 saturated heterocycles. The summed E-state index contributed by atoms with van der Waals surface area (Å²) in [4.78, 5) is 27.2. The summed E-state index contributed by atoms with van der Waals surface area (Å²) in [6.07, 6.45) is 4.81. The second kappa shape index (κ2) is 9.05. The number of hydrogen-bond donors (Lipinski definition) is 1. The van der Waals surface area contributed by atoms with Crippen LogP contribution in [0.2, 0.25) is 0 Å². The van der Waals surface area contributed by atoms with Gasteiger partial charge in [0.15, 0.2) is 0 Å². The molecule has 2 fully saturated rings. The molecule has 3 nitrogen and oxygen atoms in total. The van der Waals surface area contributed by atoms with Gasteiger partial charge in [-0.15, -0.1) is 11.3 Å². The molecule has 1 N–H and O–H groups in total. The number of thiophene rings is 1. The maximum Gasteiger partial charge on any atom is 0.252 e. The van der Waals surface area contributed by atoms with Gasteiger partial charge in [-0.3, -0.25) is 9.59 Å². The van der Waals surface area contributed by atoms with Crippen LogP contribution in [0.1, 0.15) is 75.0 Å². The maximum atomic E-state index is 13.3. The van der Waals surface area contributed by atoms with Crippen LogP contribution < -0.4 is 5.32 Å². The molecule has 2 aromatic carbocycles. The van der Waals surface area contributed by atoms with E-state index >= 15 is 0 Å². The Kier molecular flexibility index (Phi) is 6.21. The summed E-state index contributed by atoms with van der Waals surface area (Å²) >= 11 is 1.72. The average molecular weight is 486 g/mol. The number of nitrogens with one attached hydrogen (secondary N) is 1. The molecule has 0 atom stereocenters. The molecule has 2 aliphatic rings. The van der Waals surface area contributed by atoms with Gasteiger partial charge in [-0.25, -0.2) is 0 Å². The molecular formula is C31H35NO2S. The Morgan fingerprint density at radius 2 is 1.54 bits per heavy atom. The fourth-order valence-electron chi connectivity index (χ4n) is 6.13. The number of aryl methyl sites for hydroxylation is 4. The van der Waals surface area contributed by atoms with Crippen molar-refractivity contribution in [3.05, 3.63) is 80.0 Å². The summed E-state index contributed by atoms with van der Waals surface area (Å²) in [5.74, 6) is 0.636. The van der Waals surface area contributed by atoms with Gasteiger partial charge in [-0.2, -0.15) is 0 Å². The zero-order valence-electron chi connectivity index (χ0n) is 21.5. The summed E-state index contributed by atoms with van der Waals surface area (Å²) in [5, 5.41) is 3.30. The first-order valence-corrected chi connectivity index (χ1v) is 13.5. The van der Waals surface area contributed by atoms with Crippen LogP contribution in [-0.4, -0.2) is 17.7 Å². The molecule has 0 radical (unpaired) electrons. The predicted molar refractivity (Wildman–Crippen MR) is 144 cm³/mol. The molecule has 3 aromatic rings. The highest BCUT2D eigenvalue weighted by molar-refractivity contribution is 7.12. The lowest BCUT2D eigenvalue weighted by atomic mass is 9.49. The van der Waals surface area contributed by atoms with Gasteiger partial charge >= 0.3 is 0 Å². The topological polar surface area (TPSA) is 46.2 Å². The molecule has 1 aromatic heterocycles. The smallest absolute Gasteiger partial charge is 0.252 e. The SMILES string of the molecule is CC(=O)C1CC2(CC(NC(=O)c3c(C)sc(C)c3Cc3ccc(-c4ccc(C)c(C)c4)cc3)C2)C1. The van der Waals surface area contributed by atoms with E-state index in [-0.39, 0.29) is 17.9 Å². The Morgan fingerprint density at radius 1 is 0.886 bits per heavy atom. The third kappa shape index (κ3) is 4.61. The van der Waals surface area contributed by atoms with Crippen LogP contribution in [0.5, 0.6) is 0 Å². The van der Waals surface area contributed by atoms with Gasteiger partial charge in [-0.1, -0.05) is 42.5 Å². The van der Waals surface area contributed by atoms with Crippen molar-refractivity contribution in [2.75, 3.05) is 0 Å². The molecule has 5 rings (SSSR count). The summed E-state index contributed by atoms with van der Waals surface area (Å²) in [6, 6.07) is 15.6. The Morgan fingerprint density at radius 3 is 2.17 bits per heavy atom. The first-order chi connectivity index (χ1) is 16.6. The van der Waals surface area contributed by atoms with E-state index in [4.69, 9.17) is 0 Å². The Balaban J connectivity index is 1.26. The molecule has 1 amide bonds. The van der Waals surface area contributed by atoms with Crippen molar-refractivity contribution in [1.29, 1.82) is 0 Å². The van der Waals surface area contributed by atoms with Gasteiger partial charge in [0.2, 0.25) is 0 Å². The molecule has 0 aliphatic heterocycles. The van der Waals surface area contributed by atoms with Crippen molar-refractivity contribution in [3.63, 3.8) is 0 Å². The quantitative estimate of drug-likeness (QED) is 0.404. The number of amides is 1. The van der Waals surface area contributed by atoms with E-state index in [1.54, 1.807) is 18.3 Å². The molecule has 1 spiro atoms. The highest BCUT2D eigenvalue weighted by Crippen LogP contribution is 2.58. The van der Waals surface area contributed by atoms with E-state index in [9.17, 15) is 9.59 Å². The lowest BCUT2D eigenvalue weighted by molar-refractivity contribution is -0.134. The van der Waals surface area contributed by atoms with Gasteiger partial charge < -0.3 is 5.32 Å². The highest BCUT2D eigenvalue weighted by Gasteiger charge is 2.54. The fraction of sp³-hybridized carbons (Fsp3) is 0.419. The van der Waals surface area contributed by atoms with Crippen molar-refractivity contribution < 1.29 is 9.59 Å². The van der Waals surface area contributed by atoms with Crippen LogP contribution in [0, 0.1) is 39.0 Å². The molecule has 0 unspecified atom stereocenters. The maximum absolute atomic E-state index is 13.3. The van der Waals surface area contributed by atoms with Gasteiger partial charge in [0.05, 0.1) is 5.56 Å². The second-order valence-electron chi connectivity index (χ2n) is 11.0. The molecule has 4 heteroatoms. The van der Waals surface area contributed by atoms with Crippen LogP contribution in [0.25, 0.3) is 11.1 Å². The number of carbonyl (C=O) groups excluding carboxylic acids is 2. The lowest BCUT2D eigenvalue weighted by Gasteiger charge is -2.57. The number of Topliss-reactive ketones (excluding diaryl/α,β-unsaturated/α-hetero) is 1. The summed E-state index contributed by atoms with van der Waals surface area (Å²) in [6.45, 7) is 10.2. The molecule has 1 heterocycles. The van der Waals surface area contributed by atoms with Gasteiger partial charge in [-0.05, 0) is 106 Å². The third-order valence-corrected chi connectivity index (χ3v) is 9.48. The summed E-state index contributed by atoms with van der Waals surface area (Å²) in [5.41, 5.74) is 8.62. The largest absolute Gasteiger partial charge is 0.349 e. The van der Waals surface area contributed by atoms with Crippen LogP contribution in [-0.2, 0) is 11.2 Å². The number of ketones is 1. The predicted octanol–water partition coefficient (Wildman–Crippen LogP) is 7.12. The van der Waals surface area contributed by atoms with E-state index in [0.717, 1.165) is 48.1 Å². The van der Waals surface area contributed by atoms with Crippen molar-refractivity contribution in [3.8, 4) is 11.1 Å². The fourth-order valence-corrected chi connectivity index (χ4v) is 7.21. The second-order valence-corrected chi connectivity index (χ2v) is 12.5. The molecule has 2 saturated carbocycles. The van der Waals surface area contributed by atoms with Crippen LogP contribution in [0.4, 0.5) is 0 Å². The zero-order chi connectivity index (χ0) is 24.9. The van der Waals surface area contributed by atoms with Crippen LogP contribution >= 0.6 is 11.3 Å². The van der Waals surface area contributed by atoms with Crippen molar-refractivity contribution >= 4 is 23.0 Å². The molecule has 0 bridgehead atoms. The number of hydrogen-bond acceptors (Lipinski definition) is 3. The van der Waals surface area contributed by atoms with E-state index in [1.807, 2.05) is 0 Å². The highest BCUT2D eigenvalue weighted by atomic mass is 32.1. The first-order valence-electron chi connectivity index (χ1n) is 12.7. The standard InChI is InChI=1S/C31H35NO2S/c1-18-6-9-25(12-19(18)2)24-10-7-23(8-11-24)13-28-21(4)35-22(5)29(28)30(34)32-27-16-31(17-27)14-26(15-31)20(3)33/h6-12,26-27H,13-17H2,1-5H3,(H,32,34). The van der Waals surface area contributed by atoms with Crippen LogP contribution in [0.3, 0.4) is 0 Å². The minimum atomic E-state index is 0.0656. The minimum Gasteiger partial charge on any atom is -0.349 e. The molecular weight excluding hydrogens is 450 g/mol. The number of carbonyl (C=O) groups is 2. The van der Waals surface area contributed by atoms with Crippen molar-refractivity contribution in [2.24, 2.45) is 11.3 Å². The Hall–Kier alpha value is -2.72. The lowest BCUT2D eigenvalue weighted by Crippen LogP contribution is -2.57. The van der Waals surface area contributed by atoms with Gasteiger partial charge in [0.1, 0.15) is 5.78 Å². The molecule has 35 heavy (non-hydrogen) atoms. The Labute approximate surface area is 213 Å². The van der Waals surface area contributed by atoms with E-state index in [0.29, 0.717) is 11.2 Å². The number of benzene rings is 2. The Bertz CT molecular complexity index is 1290. The summed E-state index contributed by atoms with van der Waals surface area (Å²) < 4.78 is 0. The normalized spacial score (nSPS) is 23.0. The summed E-state index contributed by atoms with van der Waals surface area (Å²) in [7, 11) is 0.